The third-order valence-corrected chi connectivity index (χ3v) is 9.59. The number of aromatic nitrogens is 2. The molecule has 0 unspecified atom stereocenters. The summed E-state index contributed by atoms with van der Waals surface area (Å²) in [5, 5.41) is 0.806. The normalized spacial score (nSPS) is 22.1. The molecule has 6 rings (SSSR count). The largest absolute Gasteiger partial charge is 0.380 e. The van der Waals surface area contributed by atoms with E-state index in [1.54, 1.807) is 21.2 Å². The molecule has 3 aliphatic heterocycles. The molecule has 10 heteroatoms. The minimum absolute atomic E-state index is 0.0989. The van der Waals surface area contributed by atoms with Crippen LogP contribution in [0.25, 0.3) is 22.0 Å². The van der Waals surface area contributed by atoms with E-state index in [1.807, 2.05) is 26.8 Å². The van der Waals surface area contributed by atoms with Gasteiger partial charge < -0.3 is 14.5 Å². The Morgan fingerprint density at radius 1 is 1.21 bits per heavy atom. The number of rotatable bonds is 3. The van der Waals surface area contributed by atoms with Gasteiger partial charge in [0.2, 0.25) is 5.91 Å². The third kappa shape index (κ3) is 4.15. The highest BCUT2D eigenvalue weighted by Crippen LogP contribution is 2.48. The second-order valence-electron chi connectivity index (χ2n) is 11.0. The molecular formula is C29H30F2N4O3S. The van der Waals surface area contributed by atoms with Crippen molar-refractivity contribution < 1.29 is 18.3 Å². The number of halogens is 2. The third-order valence-electron chi connectivity index (χ3n) is 8.14. The molecule has 2 aromatic carbocycles. The summed E-state index contributed by atoms with van der Waals surface area (Å²) >= 11 is 1.60. The Balaban J connectivity index is 1.59. The fraction of sp³-hybridized carbons (Fsp3) is 0.414. The molecule has 39 heavy (non-hydrogen) atoms. The van der Waals surface area contributed by atoms with Crippen molar-refractivity contribution in [3.8, 4) is 11.1 Å². The second-order valence-corrected chi connectivity index (χ2v) is 12.0. The molecule has 0 N–H and O–H groups in total. The van der Waals surface area contributed by atoms with Crippen molar-refractivity contribution in [2.45, 2.75) is 44.3 Å². The number of amides is 1. The highest BCUT2D eigenvalue weighted by molar-refractivity contribution is 7.99. The summed E-state index contributed by atoms with van der Waals surface area (Å²) in [6.07, 6.45) is 1.33. The van der Waals surface area contributed by atoms with E-state index >= 15 is 4.39 Å². The number of benzene rings is 2. The fourth-order valence-corrected chi connectivity index (χ4v) is 7.55. The molecule has 1 aromatic heterocycles. The predicted octanol–water partition coefficient (Wildman–Crippen LogP) is 4.38. The van der Waals surface area contributed by atoms with Crippen LogP contribution in [0.1, 0.15) is 19.4 Å². The minimum Gasteiger partial charge on any atom is -0.380 e. The number of carbonyl (C=O) groups is 1. The molecule has 0 radical (unpaired) electrons. The number of piperazine rings is 1. The summed E-state index contributed by atoms with van der Waals surface area (Å²) in [6, 6.07) is 5.37. The molecule has 2 atom stereocenters. The Kier molecular flexibility index (Phi) is 6.30. The number of hydrogen-bond acceptors (Lipinski definition) is 6. The first kappa shape index (κ1) is 26.0. The van der Waals surface area contributed by atoms with Crippen LogP contribution >= 0.6 is 11.8 Å². The van der Waals surface area contributed by atoms with E-state index in [4.69, 9.17) is 4.74 Å². The van der Waals surface area contributed by atoms with E-state index < -0.39 is 11.6 Å². The van der Waals surface area contributed by atoms with Gasteiger partial charge in [-0.15, -0.1) is 11.8 Å². The average Bonchev–Trinajstić information content (AvgIpc) is 3.06. The van der Waals surface area contributed by atoms with Crippen LogP contribution in [0.2, 0.25) is 0 Å². The van der Waals surface area contributed by atoms with Crippen molar-refractivity contribution in [1.29, 1.82) is 0 Å². The van der Waals surface area contributed by atoms with Crippen molar-refractivity contribution in [3.63, 3.8) is 0 Å². The van der Waals surface area contributed by atoms with Gasteiger partial charge in [-0.1, -0.05) is 6.58 Å². The number of nitrogens with zero attached hydrogens (tertiary/aromatic N) is 4. The Bertz CT molecular complexity index is 1590. The van der Waals surface area contributed by atoms with Crippen LogP contribution in [0.4, 0.5) is 14.6 Å². The lowest BCUT2D eigenvalue weighted by molar-refractivity contribution is -0.128. The van der Waals surface area contributed by atoms with Crippen molar-refractivity contribution in [2.75, 3.05) is 37.0 Å². The Labute approximate surface area is 229 Å². The van der Waals surface area contributed by atoms with E-state index in [0.717, 1.165) is 21.9 Å². The van der Waals surface area contributed by atoms with Gasteiger partial charge in [0.1, 0.15) is 17.5 Å². The van der Waals surface area contributed by atoms with Crippen LogP contribution in [0.5, 0.6) is 0 Å². The van der Waals surface area contributed by atoms with Crippen LogP contribution in [-0.2, 0) is 16.1 Å². The quantitative estimate of drug-likeness (QED) is 0.450. The van der Waals surface area contributed by atoms with Crippen LogP contribution in [0, 0.1) is 24.0 Å². The van der Waals surface area contributed by atoms with Gasteiger partial charge in [0.05, 0.1) is 18.7 Å². The topological polar surface area (TPSA) is 67.7 Å². The minimum atomic E-state index is -0.645. The van der Waals surface area contributed by atoms with E-state index in [0.29, 0.717) is 61.1 Å². The summed E-state index contributed by atoms with van der Waals surface area (Å²) < 4.78 is 36.3. The Hall–Kier alpha value is -3.24. The van der Waals surface area contributed by atoms with Gasteiger partial charge in [0.25, 0.3) is 0 Å². The Morgan fingerprint density at radius 2 is 1.97 bits per heavy atom. The highest BCUT2D eigenvalue weighted by atomic mass is 32.2. The first-order chi connectivity index (χ1) is 18.6. The molecule has 0 bridgehead atoms. The highest BCUT2D eigenvalue weighted by Gasteiger charge is 2.43. The van der Waals surface area contributed by atoms with Gasteiger partial charge in [0, 0.05) is 70.4 Å². The maximum Gasteiger partial charge on any atom is 0.350 e. The maximum absolute atomic E-state index is 15.2. The molecule has 0 saturated carbocycles. The standard InChI is InChI=1S/C29H30F2N4O3S/c1-5-23(36)33-10-18(4)34(11-17(33)3)27-21-8-16(2)24(20-7-6-19(30)9-22(20)31)26-25(21)35(28(37)32-27)12-29(15-39-26)13-38-14-29/h5-9,17-18H,1,10-15H2,2-4H3/t17-,18+/m1/s1. The zero-order valence-electron chi connectivity index (χ0n) is 22.2. The molecular weight excluding hydrogens is 522 g/mol. The van der Waals surface area contributed by atoms with Crippen LogP contribution in [0.15, 0.2) is 46.6 Å². The Morgan fingerprint density at radius 3 is 2.64 bits per heavy atom. The lowest BCUT2D eigenvalue weighted by atomic mass is 9.88. The van der Waals surface area contributed by atoms with E-state index in [2.05, 4.69) is 16.5 Å². The summed E-state index contributed by atoms with van der Waals surface area (Å²) in [7, 11) is 0. The zero-order valence-corrected chi connectivity index (χ0v) is 23.0. The molecule has 2 saturated heterocycles. The van der Waals surface area contributed by atoms with Crippen molar-refractivity contribution >= 4 is 34.4 Å². The average molecular weight is 553 g/mol. The van der Waals surface area contributed by atoms with Gasteiger partial charge in [0.15, 0.2) is 0 Å². The second kappa shape index (κ2) is 9.45. The number of ether oxygens (including phenoxy) is 1. The van der Waals surface area contributed by atoms with Gasteiger partial charge in [-0.05, 0) is 50.6 Å². The molecule has 1 spiro atoms. The predicted molar refractivity (Wildman–Crippen MR) is 148 cm³/mol. The molecule has 0 aliphatic carbocycles. The van der Waals surface area contributed by atoms with E-state index in [9.17, 15) is 14.0 Å². The van der Waals surface area contributed by atoms with Crippen LogP contribution in [0.3, 0.4) is 0 Å². The SMILES string of the molecule is C=CC(=O)N1C[C@H](C)N(c2nc(=O)n3c4c(c(-c5ccc(F)cc5F)c(C)cc24)SCC2(COC2)C3)C[C@H]1C. The lowest BCUT2D eigenvalue weighted by Gasteiger charge is -2.44. The number of hydrogen-bond donors (Lipinski definition) is 0. The van der Waals surface area contributed by atoms with Crippen molar-refractivity contribution in [3.05, 3.63) is 64.6 Å². The molecule has 3 aliphatic rings. The molecule has 4 heterocycles. The zero-order chi connectivity index (χ0) is 27.6. The lowest BCUT2D eigenvalue weighted by Crippen LogP contribution is -2.58. The van der Waals surface area contributed by atoms with E-state index in [1.165, 1.54) is 18.2 Å². The summed E-state index contributed by atoms with van der Waals surface area (Å²) in [4.78, 5) is 35.4. The molecule has 3 aromatic rings. The van der Waals surface area contributed by atoms with Gasteiger partial charge in [-0.25, -0.2) is 13.6 Å². The fourth-order valence-electron chi connectivity index (χ4n) is 6.07. The summed E-state index contributed by atoms with van der Waals surface area (Å²) in [5.41, 5.74) is 1.91. The van der Waals surface area contributed by atoms with Crippen molar-refractivity contribution in [2.24, 2.45) is 5.41 Å². The van der Waals surface area contributed by atoms with Crippen LogP contribution in [-0.4, -0.2) is 64.5 Å². The molecule has 1 amide bonds. The van der Waals surface area contributed by atoms with Crippen LogP contribution < -0.4 is 10.6 Å². The number of thioether (sulfide) groups is 1. The molecule has 2 fully saturated rings. The van der Waals surface area contributed by atoms with Crippen molar-refractivity contribution in [1.82, 2.24) is 14.5 Å². The summed E-state index contributed by atoms with van der Waals surface area (Å²) in [6.45, 7) is 12.0. The first-order valence-corrected chi connectivity index (χ1v) is 14.0. The van der Waals surface area contributed by atoms with Gasteiger partial charge in [-0.2, -0.15) is 4.98 Å². The molecule has 7 nitrogen and oxygen atoms in total. The number of carbonyl (C=O) groups excluding carboxylic acids is 1. The monoisotopic (exact) mass is 552 g/mol. The first-order valence-electron chi connectivity index (χ1n) is 13.1. The number of aryl methyl sites for hydroxylation is 1. The summed E-state index contributed by atoms with van der Waals surface area (Å²) in [5.74, 6) is -0.142. The number of anilines is 1. The smallest absolute Gasteiger partial charge is 0.350 e. The maximum atomic E-state index is 15.2. The van der Waals surface area contributed by atoms with Gasteiger partial charge in [-0.3, -0.25) is 9.36 Å². The van der Waals surface area contributed by atoms with E-state index in [-0.39, 0.29) is 29.1 Å². The van der Waals surface area contributed by atoms with Gasteiger partial charge >= 0.3 is 5.69 Å². The molecule has 204 valence electrons.